The number of halogens is 5. The molecule has 0 radical (unpaired) electrons. The van der Waals surface area contributed by atoms with Gasteiger partial charge in [0.25, 0.3) is 37.6 Å². The minimum absolute atomic E-state index is 0.00911. The van der Waals surface area contributed by atoms with E-state index < -0.39 is 88.9 Å². The lowest BCUT2D eigenvalue weighted by Gasteiger charge is -2.39. The van der Waals surface area contributed by atoms with Crippen LogP contribution in [0, 0.1) is 5.41 Å². The predicted octanol–water partition coefficient (Wildman–Crippen LogP) is 9.52. The van der Waals surface area contributed by atoms with Crippen molar-refractivity contribution in [2.24, 2.45) is 5.41 Å². The number of piperazine rings is 1. The number of hydrogen-bond acceptors (Lipinski definition) is 15. The van der Waals surface area contributed by atoms with Crippen molar-refractivity contribution in [3.05, 3.63) is 131 Å². The number of sulfone groups is 1. The van der Waals surface area contributed by atoms with Crippen molar-refractivity contribution >= 4 is 78.2 Å². The third-order valence-electron chi connectivity index (χ3n) is 15.8. The summed E-state index contributed by atoms with van der Waals surface area (Å²) in [4.78, 5) is 70.5. The molecule has 8 rings (SSSR count). The van der Waals surface area contributed by atoms with Crippen LogP contribution in [0.5, 0.6) is 0 Å². The Morgan fingerprint density at radius 2 is 1.58 bits per heavy atom. The van der Waals surface area contributed by atoms with Crippen molar-refractivity contribution in [3.63, 3.8) is 0 Å². The Balaban J connectivity index is 0.879. The summed E-state index contributed by atoms with van der Waals surface area (Å²) in [5.41, 5.74) is -1.79. The number of unbranched alkanes of at least 4 members (excludes halogenated alkanes) is 1. The summed E-state index contributed by atoms with van der Waals surface area (Å²) < 4.78 is 125. The van der Waals surface area contributed by atoms with Crippen LogP contribution in [-0.2, 0) is 29.4 Å². The van der Waals surface area contributed by atoms with Crippen molar-refractivity contribution in [2.45, 2.75) is 117 Å². The summed E-state index contributed by atoms with van der Waals surface area (Å²) in [6.07, 6.45) is 1.82. The average molecular weight is 1240 g/mol. The van der Waals surface area contributed by atoms with E-state index in [1.807, 2.05) is 47.0 Å². The molecule has 2 saturated heterocycles. The first-order valence-electron chi connectivity index (χ1n) is 28.2. The molecule has 0 aromatic heterocycles. The van der Waals surface area contributed by atoms with E-state index in [2.05, 4.69) is 46.2 Å². The first-order valence-corrected chi connectivity index (χ1v) is 32.1. The zero-order valence-corrected chi connectivity index (χ0v) is 50.1. The third-order valence-corrected chi connectivity index (χ3v) is 19.8. The van der Waals surface area contributed by atoms with Gasteiger partial charge in [0.05, 0.1) is 21.7 Å². The maximum atomic E-state index is 14.4. The molecule has 2 fully saturated rings. The molecule has 85 heavy (non-hydrogen) atoms. The van der Waals surface area contributed by atoms with E-state index in [-0.39, 0.29) is 53.5 Å². The largest absolute Gasteiger partial charge is 0.501 e. The molecule has 0 bridgehead atoms. The van der Waals surface area contributed by atoms with Gasteiger partial charge in [0.15, 0.2) is 0 Å². The van der Waals surface area contributed by atoms with Gasteiger partial charge in [0.2, 0.25) is 18.2 Å². The molecule has 0 saturated carbocycles. The molecule has 0 spiro atoms. The first kappa shape index (κ1) is 64.3. The topological polar surface area (TPSA) is 215 Å². The first-order chi connectivity index (χ1) is 40.2. The SMILES string of the molecule is C=C(CCC(F)F)C1=C(CN2CCN(c3ccc(C(=O)NS(=O)(=O)c4ccc(N[C@H](CCN(C)CCCCNc5cccc6c5C(=O)N(C5CCC(=O)NC5=O)C6=O)CSc5ccccc5)c(S(=O)(=O)C(F)(F)F)c4)cc3)CC2)CCC(C)(C)C1. The van der Waals surface area contributed by atoms with Gasteiger partial charge >= 0.3 is 5.51 Å². The van der Waals surface area contributed by atoms with Crippen LogP contribution in [0.1, 0.15) is 109 Å². The van der Waals surface area contributed by atoms with Crippen molar-refractivity contribution in [1.82, 2.24) is 24.7 Å². The maximum Gasteiger partial charge on any atom is 0.501 e. The van der Waals surface area contributed by atoms with Crippen LogP contribution < -0.4 is 25.6 Å². The van der Waals surface area contributed by atoms with E-state index in [0.717, 1.165) is 58.0 Å². The number of anilines is 3. The molecule has 17 nitrogen and oxygen atoms in total. The van der Waals surface area contributed by atoms with Crippen LogP contribution >= 0.6 is 11.8 Å². The Morgan fingerprint density at radius 3 is 2.26 bits per heavy atom. The minimum Gasteiger partial charge on any atom is -0.384 e. The highest BCUT2D eigenvalue weighted by atomic mass is 32.2. The van der Waals surface area contributed by atoms with E-state index in [9.17, 15) is 62.8 Å². The number of alkyl halides is 5. The highest BCUT2D eigenvalue weighted by Gasteiger charge is 2.49. The number of benzene rings is 4. The van der Waals surface area contributed by atoms with Gasteiger partial charge in [-0.05, 0) is 149 Å². The molecule has 4 aromatic rings. The number of rotatable bonds is 26. The Morgan fingerprint density at radius 1 is 0.859 bits per heavy atom. The summed E-state index contributed by atoms with van der Waals surface area (Å²) in [5, 5.41) is 8.37. The summed E-state index contributed by atoms with van der Waals surface area (Å²) in [6.45, 7) is 13.3. The Bertz CT molecular complexity index is 3410. The van der Waals surface area contributed by atoms with Crippen molar-refractivity contribution < 1.29 is 62.8 Å². The van der Waals surface area contributed by atoms with E-state index in [4.69, 9.17) is 0 Å². The number of thioether (sulfide) groups is 1. The summed E-state index contributed by atoms with van der Waals surface area (Å²) in [6, 6.07) is 20.6. The second-order valence-electron chi connectivity index (χ2n) is 22.7. The quantitative estimate of drug-likeness (QED) is 0.0199. The van der Waals surface area contributed by atoms with Gasteiger partial charge < -0.3 is 20.4 Å². The van der Waals surface area contributed by atoms with E-state index in [1.165, 1.54) is 35.5 Å². The predicted molar refractivity (Wildman–Crippen MR) is 316 cm³/mol. The second kappa shape index (κ2) is 27.4. The second-order valence-corrected chi connectivity index (χ2v) is 27.4. The van der Waals surface area contributed by atoms with Gasteiger partial charge in [-0.15, -0.1) is 11.8 Å². The number of hydrogen-bond donors (Lipinski definition) is 4. The lowest BCUT2D eigenvalue weighted by Crippen LogP contribution is -2.54. The number of nitrogens with zero attached hydrogens (tertiary/aromatic N) is 4. The van der Waals surface area contributed by atoms with Crippen LogP contribution in [0.2, 0.25) is 0 Å². The molecule has 3 heterocycles. The molecule has 5 amide bonds. The lowest BCUT2D eigenvalue weighted by molar-refractivity contribution is -0.136. The van der Waals surface area contributed by atoms with Gasteiger partial charge in [-0.25, -0.2) is 30.3 Å². The molecule has 4 aliphatic rings. The van der Waals surface area contributed by atoms with Gasteiger partial charge in [0, 0.05) is 85.7 Å². The highest BCUT2D eigenvalue weighted by Crippen LogP contribution is 2.43. The normalized spacial score (nSPS) is 18.2. The molecular weight excluding hydrogens is 1170 g/mol. The fourth-order valence-electron chi connectivity index (χ4n) is 11.0. The van der Waals surface area contributed by atoms with Crippen molar-refractivity contribution in [2.75, 3.05) is 80.7 Å². The Labute approximate surface area is 497 Å². The van der Waals surface area contributed by atoms with E-state index in [1.54, 1.807) is 24.3 Å². The molecule has 4 aromatic carbocycles. The lowest BCUT2D eigenvalue weighted by atomic mass is 9.72. The van der Waals surface area contributed by atoms with E-state index in [0.29, 0.717) is 83.4 Å². The number of amides is 5. The number of nitrogens with one attached hydrogen (secondary N) is 4. The number of sulfonamides is 1. The van der Waals surface area contributed by atoms with Crippen LogP contribution in [0.3, 0.4) is 0 Å². The molecule has 1 unspecified atom stereocenters. The molecular formula is C60H71F5N8O9S3. The van der Waals surface area contributed by atoms with Crippen molar-refractivity contribution in [3.8, 4) is 0 Å². The van der Waals surface area contributed by atoms with Crippen LogP contribution in [-0.4, -0.2) is 150 Å². The number of fused-ring (bicyclic) bond motifs is 1. The molecule has 2 atom stereocenters. The van der Waals surface area contributed by atoms with Crippen molar-refractivity contribution in [1.29, 1.82) is 0 Å². The highest BCUT2D eigenvalue weighted by molar-refractivity contribution is 7.99. The molecule has 3 aliphatic heterocycles. The summed E-state index contributed by atoms with van der Waals surface area (Å²) >= 11 is 1.38. The van der Waals surface area contributed by atoms with Gasteiger partial charge in [-0.1, -0.05) is 55.8 Å². The zero-order chi connectivity index (χ0) is 61.4. The number of carbonyl (C=O) groups excluding carboxylic acids is 5. The summed E-state index contributed by atoms with van der Waals surface area (Å²) in [5.74, 6) is -3.29. The molecule has 1 aliphatic carbocycles. The fraction of sp³-hybridized carbons (Fsp3) is 0.450. The van der Waals surface area contributed by atoms with Gasteiger partial charge in [-0.3, -0.25) is 39.1 Å². The van der Waals surface area contributed by atoms with Crippen LogP contribution in [0.25, 0.3) is 0 Å². The van der Waals surface area contributed by atoms with E-state index >= 15 is 0 Å². The molecule has 458 valence electrons. The number of carbonyl (C=O) groups is 5. The Hall–Kier alpha value is -6.67. The number of piperidine rings is 1. The molecule has 4 N–H and O–H groups in total. The monoisotopic (exact) mass is 1240 g/mol. The third kappa shape index (κ3) is 16.1. The smallest absolute Gasteiger partial charge is 0.384 e. The number of allylic oxidation sites excluding steroid dienone is 2. The number of imide groups is 2. The zero-order valence-electron chi connectivity index (χ0n) is 47.6. The fourth-order valence-corrected chi connectivity index (χ4v) is 14.0. The molecule has 25 heteroatoms. The van der Waals surface area contributed by atoms with Gasteiger partial charge in [-0.2, -0.15) is 13.2 Å². The van der Waals surface area contributed by atoms with Crippen LogP contribution in [0.4, 0.5) is 39.0 Å². The standard InChI is InChI=1S/C60H71F5N8O9S3/c1-39(15-23-52(61)62)47-36-59(2,3)27-25-41(47)37-71-31-33-72(34-32-71)43-18-16-40(17-19-43)55(75)69-85(81,82)45-20-21-48(51(35-45)84(79,80)60(63,64)65)67-42(38-83-44-11-6-5-7-12-44)26-30-70(4)29-9-8-28-66-49-14-10-13-46-54(49)58(78)73(57(46)77)50-22-24-53(74)68-56(50)76/h5-7,10-14,16-21,35,42,50,52,66-67H,1,8-9,15,22-34,36-38H2,2-4H3,(H,69,75)(H,68,74,76)/t42-,50?/m1/s1. The summed E-state index contributed by atoms with van der Waals surface area (Å²) in [7, 11) is -9.29. The van der Waals surface area contributed by atoms with Crippen LogP contribution in [0.15, 0.2) is 129 Å². The average Bonchev–Trinajstić information content (AvgIpc) is 3.32. The van der Waals surface area contributed by atoms with Gasteiger partial charge in [0.1, 0.15) is 10.9 Å². The maximum absolute atomic E-state index is 14.4. The minimum atomic E-state index is -6.18. The Kier molecular flexibility index (Phi) is 20.7.